The van der Waals surface area contributed by atoms with Crippen LogP contribution in [0, 0.1) is 0 Å². The quantitative estimate of drug-likeness (QED) is 0.861. The van der Waals surface area contributed by atoms with E-state index < -0.39 is 0 Å². The number of hydrogen-bond acceptors (Lipinski definition) is 2. The van der Waals surface area contributed by atoms with Gasteiger partial charge >= 0.3 is 0 Å². The lowest BCUT2D eigenvalue weighted by Gasteiger charge is -2.14. The average Bonchev–Trinajstić information content (AvgIpc) is 2.45. The number of rotatable bonds is 5. The van der Waals surface area contributed by atoms with E-state index in [0.717, 1.165) is 16.8 Å². The van der Waals surface area contributed by atoms with E-state index in [1.54, 1.807) is 7.11 Å². The maximum absolute atomic E-state index is 5.45. The zero-order valence-electron chi connectivity index (χ0n) is 12.1. The summed E-state index contributed by atoms with van der Waals surface area (Å²) in [7, 11) is 1.71. The fourth-order valence-corrected chi connectivity index (χ4v) is 2.61. The van der Waals surface area contributed by atoms with E-state index in [0.29, 0.717) is 6.04 Å². The van der Waals surface area contributed by atoms with Gasteiger partial charge in [0.2, 0.25) is 0 Å². The highest BCUT2D eigenvalue weighted by molar-refractivity contribution is 9.10. The van der Waals surface area contributed by atoms with Crippen LogP contribution in [0.1, 0.15) is 19.4 Å². The van der Waals surface area contributed by atoms with Gasteiger partial charge in [-0.05, 0) is 29.3 Å². The summed E-state index contributed by atoms with van der Waals surface area (Å²) in [4.78, 5) is 0. The van der Waals surface area contributed by atoms with E-state index in [1.807, 2.05) is 12.1 Å². The maximum atomic E-state index is 5.45. The highest BCUT2D eigenvalue weighted by atomic mass is 79.9. The van der Waals surface area contributed by atoms with Crippen molar-refractivity contribution in [2.24, 2.45) is 0 Å². The normalized spacial score (nSPS) is 10.8. The summed E-state index contributed by atoms with van der Waals surface area (Å²) in [6.07, 6.45) is 0. The van der Waals surface area contributed by atoms with Crippen molar-refractivity contribution in [1.82, 2.24) is 5.32 Å². The first-order valence-corrected chi connectivity index (χ1v) is 7.56. The molecule has 0 heterocycles. The standard InChI is InChI=1S/C17H20BrNO/c1-12(2)19-11-14-10-13(8-9-17(14)20-3)15-6-4-5-7-16(15)18/h4-10,12,19H,11H2,1-3H3. The number of nitrogens with one attached hydrogen (secondary N) is 1. The van der Waals surface area contributed by atoms with Crippen molar-refractivity contribution >= 4 is 15.9 Å². The molecule has 0 amide bonds. The fourth-order valence-electron chi connectivity index (χ4n) is 2.09. The first-order chi connectivity index (χ1) is 9.61. The molecule has 0 bridgehead atoms. The molecule has 0 aliphatic rings. The van der Waals surface area contributed by atoms with E-state index in [-0.39, 0.29) is 0 Å². The van der Waals surface area contributed by atoms with Crippen LogP contribution in [0.2, 0.25) is 0 Å². The topological polar surface area (TPSA) is 21.3 Å². The maximum Gasteiger partial charge on any atom is 0.123 e. The Hall–Kier alpha value is -1.32. The summed E-state index contributed by atoms with van der Waals surface area (Å²) in [6, 6.07) is 15.0. The van der Waals surface area contributed by atoms with Crippen LogP contribution in [0.25, 0.3) is 11.1 Å². The Bertz CT molecular complexity index is 581. The Kier molecular flexibility index (Phi) is 5.21. The second-order valence-electron chi connectivity index (χ2n) is 5.04. The molecule has 2 nitrogen and oxygen atoms in total. The lowest BCUT2D eigenvalue weighted by Crippen LogP contribution is -2.22. The van der Waals surface area contributed by atoms with Crippen molar-refractivity contribution in [3.8, 4) is 16.9 Å². The minimum absolute atomic E-state index is 0.451. The minimum atomic E-state index is 0.451. The molecule has 0 saturated carbocycles. The van der Waals surface area contributed by atoms with Crippen molar-refractivity contribution < 1.29 is 4.74 Å². The Morgan fingerprint density at radius 2 is 1.90 bits per heavy atom. The molecule has 0 atom stereocenters. The summed E-state index contributed by atoms with van der Waals surface area (Å²) in [6.45, 7) is 5.09. The van der Waals surface area contributed by atoms with Gasteiger partial charge in [0.05, 0.1) is 7.11 Å². The van der Waals surface area contributed by atoms with Gasteiger partial charge in [0.1, 0.15) is 5.75 Å². The molecule has 1 N–H and O–H groups in total. The van der Waals surface area contributed by atoms with Gasteiger partial charge < -0.3 is 10.1 Å². The molecule has 2 aromatic rings. The Morgan fingerprint density at radius 3 is 2.55 bits per heavy atom. The number of ether oxygens (including phenoxy) is 1. The second-order valence-corrected chi connectivity index (χ2v) is 5.90. The molecule has 0 aromatic heterocycles. The molecule has 0 unspecified atom stereocenters. The van der Waals surface area contributed by atoms with Gasteiger partial charge in [0, 0.05) is 22.6 Å². The van der Waals surface area contributed by atoms with Gasteiger partial charge in [-0.3, -0.25) is 0 Å². The van der Waals surface area contributed by atoms with E-state index in [2.05, 4.69) is 65.4 Å². The number of hydrogen-bond donors (Lipinski definition) is 1. The van der Waals surface area contributed by atoms with Crippen LogP contribution in [0.15, 0.2) is 46.9 Å². The van der Waals surface area contributed by atoms with E-state index >= 15 is 0 Å². The lowest BCUT2D eigenvalue weighted by atomic mass is 10.0. The number of methoxy groups -OCH3 is 1. The third kappa shape index (κ3) is 3.62. The predicted octanol–water partition coefficient (Wildman–Crippen LogP) is 4.62. The third-order valence-corrected chi connectivity index (χ3v) is 3.86. The summed E-state index contributed by atoms with van der Waals surface area (Å²) < 4.78 is 6.55. The Balaban J connectivity index is 2.36. The number of halogens is 1. The highest BCUT2D eigenvalue weighted by Gasteiger charge is 2.08. The van der Waals surface area contributed by atoms with Crippen LogP contribution in [-0.4, -0.2) is 13.2 Å². The van der Waals surface area contributed by atoms with Crippen LogP contribution in [-0.2, 0) is 6.54 Å². The third-order valence-electron chi connectivity index (χ3n) is 3.17. The molecule has 0 aliphatic carbocycles. The van der Waals surface area contributed by atoms with Crippen LogP contribution in [0.4, 0.5) is 0 Å². The second kappa shape index (κ2) is 6.91. The molecule has 2 rings (SSSR count). The fraction of sp³-hybridized carbons (Fsp3) is 0.294. The Morgan fingerprint density at radius 1 is 1.15 bits per heavy atom. The molecule has 0 spiro atoms. The van der Waals surface area contributed by atoms with Gasteiger partial charge in [-0.25, -0.2) is 0 Å². The van der Waals surface area contributed by atoms with Crippen LogP contribution in [0.5, 0.6) is 5.75 Å². The summed E-state index contributed by atoms with van der Waals surface area (Å²) >= 11 is 3.61. The first-order valence-electron chi connectivity index (χ1n) is 6.77. The molecular weight excluding hydrogens is 314 g/mol. The van der Waals surface area contributed by atoms with E-state index in [4.69, 9.17) is 4.74 Å². The Labute approximate surface area is 129 Å². The highest BCUT2D eigenvalue weighted by Crippen LogP contribution is 2.31. The number of benzene rings is 2. The van der Waals surface area contributed by atoms with Crippen LogP contribution < -0.4 is 10.1 Å². The van der Waals surface area contributed by atoms with Crippen molar-refractivity contribution in [2.75, 3.05) is 7.11 Å². The zero-order valence-corrected chi connectivity index (χ0v) is 13.7. The largest absolute Gasteiger partial charge is 0.496 e. The molecular formula is C17H20BrNO. The van der Waals surface area contributed by atoms with E-state index in [1.165, 1.54) is 16.7 Å². The van der Waals surface area contributed by atoms with Crippen LogP contribution >= 0.6 is 15.9 Å². The lowest BCUT2D eigenvalue weighted by molar-refractivity contribution is 0.406. The smallest absolute Gasteiger partial charge is 0.123 e. The average molecular weight is 334 g/mol. The minimum Gasteiger partial charge on any atom is -0.496 e. The van der Waals surface area contributed by atoms with Crippen LogP contribution in [0.3, 0.4) is 0 Å². The van der Waals surface area contributed by atoms with Crippen molar-refractivity contribution in [2.45, 2.75) is 26.4 Å². The molecule has 2 aromatic carbocycles. The van der Waals surface area contributed by atoms with Crippen molar-refractivity contribution in [3.05, 3.63) is 52.5 Å². The monoisotopic (exact) mass is 333 g/mol. The molecule has 0 fully saturated rings. The molecule has 0 radical (unpaired) electrons. The van der Waals surface area contributed by atoms with Gasteiger partial charge in [0.15, 0.2) is 0 Å². The molecule has 3 heteroatoms. The first kappa shape index (κ1) is 15.1. The van der Waals surface area contributed by atoms with Crippen molar-refractivity contribution in [3.63, 3.8) is 0 Å². The molecule has 106 valence electrons. The zero-order chi connectivity index (χ0) is 14.5. The molecule has 0 aliphatic heterocycles. The van der Waals surface area contributed by atoms with Gasteiger partial charge in [0.25, 0.3) is 0 Å². The molecule has 0 saturated heterocycles. The van der Waals surface area contributed by atoms with E-state index in [9.17, 15) is 0 Å². The SMILES string of the molecule is COc1ccc(-c2ccccc2Br)cc1CNC(C)C. The predicted molar refractivity (Wildman–Crippen MR) is 88.1 cm³/mol. The van der Waals surface area contributed by atoms with Crippen molar-refractivity contribution in [1.29, 1.82) is 0 Å². The van der Waals surface area contributed by atoms with Gasteiger partial charge in [-0.15, -0.1) is 0 Å². The molecule has 20 heavy (non-hydrogen) atoms. The van der Waals surface area contributed by atoms with Gasteiger partial charge in [-0.2, -0.15) is 0 Å². The summed E-state index contributed by atoms with van der Waals surface area (Å²) in [5.41, 5.74) is 3.56. The summed E-state index contributed by atoms with van der Waals surface area (Å²) in [5, 5.41) is 3.44. The van der Waals surface area contributed by atoms with Gasteiger partial charge in [-0.1, -0.05) is 54.0 Å². The summed E-state index contributed by atoms with van der Waals surface area (Å²) in [5.74, 6) is 0.925.